The van der Waals surface area contributed by atoms with Gasteiger partial charge in [-0.3, -0.25) is 13.8 Å². The number of nitrogens with zero attached hydrogens (tertiary/aromatic N) is 2. The Labute approximate surface area is 200 Å². The van der Waals surface area contributed by atoms with E-state index in [9.17, 15) is 23.4 Å². The molecule has 0 saturated carbocycles. The summed E-state index contributed by atoms with van der Waals surface area (Å²) in [6.45, 7) is 2.99. The van der Waals surface area contributed by atoms with Gasteiger partial charge in [0.25, 0.3) is 16.0 Å². The van der Waals surface area contributed by atoms with Crippen LogP contribution >= 0.6 is 0 Å². The van der Waals surface area contributed by atoms with E-state index in [-0.39, 0.29) is 30.0 Å². The average molecular weight is 492 g/mol. The van der Waals surface area contributed by atoms with Gasteiger partial charge >= 0.3 is 0 Å². The maximum Gasteiger partial charge on any atom is 0.267 e. The lowest BCUT2D eigenvalue weighted by Crippen LogP contribution is -2.59. The molecule has 1 heterocycles. The summed E-state index contributed by atoms with van der Waals surface area (Å²) in [4.78, 5) is 17.2. The minimum Gasteiger partial charge on any atom is -0.390 e. The second-order valence-electron chi connectivity index (χ2n) is 9.52. The summed E-state index contributed by atoms with van der Waals surface area (Å²) in [6.07, 6.45) is 15.0. The summed E-state index contributed by atoms with van der Waals surface area (Å²) in [5.41, 5.74) is 0. The molecule has 3 N–H and O–H groups in total. The summed E-state index contributed by atoms with van der Waals surface area (Å²) >= 11 is 0. The SMILES string of the molecule is CCCCCCCCCCCCCCCC(=O)C1=NCC[N+]1(CCO)CC(O)CS(=O)(=O)O. The van der Waals surface area contributed by atoms with Crippen molar-refractivity contribution in [2.75, 3.05) is 38.5 Å². The van der Waals surface area contributed by atoms with Crippen LogP contribution in [-0.4, -0.2) is 83.9 Å². The highest BCUT2D eigenvalue weighted by Gasteiger charge is 2.43. The average Bonchev–Trinajstić information content (AvgIpc) is 3.13. The van der Waals surface area contributed by atoms with Gasteiger partial charge in [0.1, 0.15) is 31.5 Å². The molecule has 2 unspecified atom stereocenters. The number of aliphatic hydroxyl groups is 2. The number of carbonyl (C=O) groups is 1. The van der Waals surface area contributed by atoms with Crippen molar-refractivity contribution < 1.29 is 32.5 Å². The molecule has 0 saturated heterocycles. The lowest BCUT2D eigenvalue weighted by Gasteiger charge is -2.34. The highest BCUT2D eigenvalue weighted by Crippen LogP contribution is 2.20. The molecule has 9 heteroatoms. The second kappa shape index (κ2) is 16.7. The summed E-state index contributed by atoms with van der Waals surface area (Å²) in [5.74, 6) is -0.570. The monoisotopic (exact) mass is 491 g/mol. The zero-order valence-corrected chi connectivity index (χ0v) is 21.4. The molecule has 0 spiro atoms. The summed E-state index contributed by atoms with van der Waals surface area (Å²) in [7, 11) is -4.33. The van der Waals surface area contributed by atoms with Gasteiger partial charge in [0.15, 0.2) is 0 Å². The van der Waals surface area contributed by atoms with Crippen molar-refractivity contribution in [2.45, 2.75) is 103 Å². The van der Waals surface area contributed by atoms with Crippen LogP contribution in [0, 0.1) is 0 Å². The number of unbranched alkanes of at least 4 members (excludes halogenated alkanes) is 12. The molecule has 0 aromatic carbocycles. The molecule has 0 fully saturated rings. The molecule has 0 bridgehead atoms. The van der Waals surface area contributed by atoms with E-state index >= 15 is 0 Å². The van der Waals surface area contributed by atoms with Crippen LogP contribution in [0.3, 0.4) is 0 Å². The molecule has 0 aromatic heterocycles. The van der Waals surface area contributed by atoms with E-state index in [0.717, 1.165) is 19.3 Å². The number of ketones is 1. The molecule has 0 amide bonds. The van der Waals surface area contributed by atoms with Gasteiger partial charge in [0.05, 0.1) is 13.2 Å². The molecular formula is C24H47N2O6S+. The zero-order chi connectivity index (χ0) is 24.6. The Morgan fingerprint density at radius 2 is 1.48 bits per heavy atom. The van der Waals surface area contributed by atoms with E-state index < -0.39 is 22.0 Å². The van der Waals surface area contributed by atoms with E-state index in [4.69, 9.17) is 4.55 Å². The first kappa shape index (κ1) is 30.2. The molecular weight excluding hydrogens is 444 g/mol. The number of hydrogen-bond donors (Lipinski definition) is 3. The standard InChI is InChI=1S/C24H46N2O6S/c1-2-3-4-5-6-7-8-9-10-11-12-13-14-15-23(29)24-25-16-17-26(24,18-19-27)20-22(28)21-33(30,31)32/h22,27-28H,2-21H2,1H3/p+1. The quantitative estimate of drug-likeness (QED) is 0.128. The fourth-order valence-corrected chi connectivity index (χ4v) is 5.34. The van der Waals surface area contributed by atoms with Gasteiger partial charge < -0.3 is 10.2 Å². The van der Waals surface area contributed by atoms with Crippen molar-refractivity contribution >= 4 is 21.7 Å². The van der Waals surface area contributed by atoms with Crippen LogP contribution in [0.4, 0.5) is 0 Å². The number of aliphatic imine (C=N–C) groups is 1. The number of quaternary nitrogens is 1. The number of aliphatic hydroxyl groups excluding tert-OH is 2. The first-order chi connectivity index (χ1) is 15.7. The van der Waals surface area contributed by atoms with E-state index in [0.29, 0.717) is 25.3 Å². The fourth-order valence-electron chi connectivity index (χ4n) is 4.75. The number of rotatable bonds is 21. The zero-order valence-electron chi connectivity index (χ0n) is 20.6. The molecule has 2 atom stereocenters. The van der Waals surface area contributed by atoms with Crippen LogP contribution in [0.15, 0.2) is 4.99 Å². The highest BCUT2D eigenvalue weighted by molar-refractivity contribution is 7.85. The third-order valence-electron chi connectivity index (χ3n) is 6.49. The minimum atomic E-state index is -4.33. The predicted octanol–water partition coefficient (Wildman–Crippen LogP) is 3.51. The van der Waals surface area contributed by atoms with Crippen molar-refractivity contribution in [1.82, 2.24) is 0 Å². The molecule has 0 aromatic rings. The largest absolute Gasteiger partial charge is 0.390 e. The number of hydrogen-bond acceptors (Lipinski definition) is 6. The van der Waals surface area contributed by atoms with Gasteiger partial charge in [0.2, 0.25) is 5.78 Å². The molecule has 194 valence electrons. The van der Waals surface area contributed by atoms with Crippen molar-refractivity contribution in [2.24, 2.45) is 4.99 Å². The molecule has 0 radical (unpaired) electrons. The van der Waals surface area contributed by atoms with Crippen LogP contribution in [0.5, 0.6) is 0 Å². The van der Waals surface area contributed by atoms with Crippen LogP contribution in [-0.2, 0) is 14.9 Å². The molecule has 1 aliphatic heterocycles. The summed E-state index contributed by atoms with van der Waals surface area (Å²) in [6, 6.07) is 0. The first-order valence-corrected chi connectivity index (χ1v) is 14.5. The van der Waals surface area contributed by atoms with Crippen molar-refractivity contribution in [1.29, 1.82) is 0 Å². The Kier molecular flexibility index (Phi) is 15.3. The lowest BCUT2D eigenvalue weighted by atomic mass is 10.0. The second-order valence-corrected chi connectivity index (χ2v) is 11.0. The van der Waals surface area contributed by atoms with E-state index in [2.05, 4.69) is 11.9 Å². The van der Waals surface area contributed by atoms with Crippen LogP contribution < -0.4 is 0 Å². The van der Waals surface area contributed by atoms with E-state index in [1.54, 1.807) is 0 Å². The fraction of sp³-hybridized carbons (Fsp3) is 0.917. The maximum absolute atomic E-state index is 12.8. The Bertz CT molecular complexity index is 682. The summed E-state index contributed by atoms with van der Waals surface area (Å²) < 4.78 is 31.1. The third kappa shape index (κ3) is 13.0. The Hall–Kier alpha value is -0.870. The summed E-state index contributed by atoms with van der Waals surface area (Å²) in [5, 5.41) is 19.6. The van der Waals surface area contributed by atoms with Gasteiger partial charge in [-0.1, -0.05) is 84.0 Å². The van der Waals surface area contributed by atoms with Gasteiger partial charge in [-0.05, 0) is 6.42 Å². The molecule has 1 rings (SSSR count). The normalized spacial score (nSPS) is 19.6. The smallest absolute Gasteiger partial charge is 0.267 e. The Morgan fingerprint density at radius 3 is 1.97 bits per heavy atom. The van der Waals surface area contributed by atoms with Crippen molar-refractivity contribution in [3.8, 4) is 0 Å². The first-order valence-electron chi connectivity index (χ1n) is 12.9. The van der Waals surface area contributed by atoms with Crippen molar-refractivity contribution in [3.63, 3.8) is 0 Å². The molecule has 33 heavy (non-hydrogen) atoms. The van der Waals surface area contributed by atoms with Gasteiger partial charge in [0, 0.05) is 6.42 Å². The third-order valence-corrected chi connectivity index (χ3v) is 7.29. The van der Waals surface area contributed by atoms with Gasteiger partial charge in [-0.25, -0.2) is 4.99 Å². The molecule has 8 nitrogen and oxygen atoms in total. The van der Waals surface area contributed by atoms with Gasteiger partial charge in [-0.2, -0.15) is 8.42 Å². The van der Waals surface area contributed by atoms with Crippen LogP contribution in [0.2, 0.25) is 0 Å². The van der Waals surface area contributed by atoms with E-state index in [1.807, 2.05) is 0 Å². The van der Waals surface area contributed by atoms with Gasteiger partial charge in [-0.15, -0.1) is 0 Å². The highest BCUT2D eigenvalue weighted by atomic mass is 32.2. The molecule has 1 aliphatic rings. The Balaban J connectivity index is 2.28. The van der Waals surface area contributed by atoms with E-state index in [1.165, 1.54) is 64.2 Å². The Morgan fingerprint density at radius 1 is 0.970 bits per heavy atom. The van der Waals surface area contributed by atoms with Crippen LogP contribution in [0.1, 0.15) is 96.8 Å². The topological polar surface area (TPSA) is 124 Å². The number of Topliss-reactive ketones (excluding diaryl/α,β-unsaturated/α-hetero) is 1. The maximum atomic E-state index is 12.8. The van der Waals surface area contributed by atoms with Crippen LogP contribution in [0.25, 0.3) is 0 Å². The number of carbonyl (C=O) groups excluding carboxylic acids is 1. The predicted molar refractivity (Wildman–Crippen MR) is 132 cm³/mol. The molecule has 0 aliphatic carbocycles. The lowest BCUT2D eigenvalue weighted by molar-refractivity contribution is -0.837. The minimum absolute atomic E-state index is 0.0233. The van der Waals surface area contributed by atoms with Crippen molar-refractivity contribution in [3.05, 3.63) is 0 Å². The number of amidine groups is 1.